The molecule has 0 radical (unpaired) electrons. The van der Waals surface area contributed by atoms with Gasteiger partial charge in [-0.25, -0.2) is 8.42 Å². The van der Waals surface area contributed by atoms with Crippen LogP contribution in [-0.4, -0.2) is 43.6 Å². The average molecular weight is 263 g/mol. The molecule has 0 spiro atoms. The molecule has 2 atom stereocenters. The summed E-state index contributed by atoms with van der Waals surface area (Å²) in [6, 6.07) is -0.218. The molecule has 0 aromatic heterocycles. The molecule has 0 aliphatic heterocycles. The van der Waals surface area contributed by atoms with E-state index in [4.69, 9.17) is 0 Å². The van der Waals surface area contributed by atoms with Crippen LogP contribution in [0.5, 0.6) is 0 Å². The Bertz CT molecular complexity index is 352. The molecule has 0 saturated heterocycles. The summed E-state index contributed by atoms with van der Waals surface area (Å²) in [5, 5.41) is 12.5. The highest BCUT2D eigenvalue weighted by Gasteiger charge is 2.23. The van der Waals surface area contributed by atoms with Crippen LogP contribution in [0.4, 0.5) is 0 Å². The van der Waals surface area contributed by atoms with Crippen LogP contribution >= 0.6 is 0 Å². The summed E-state index contributed by atoms with van der Waals surface area (Å²) in [5.74, 6) is -0.428. The fourth-order valence-electron chi connectivity index (χ4n) is 2.01. The zero-order valence-electron chi connectivity index (χ0n) is 10.2. The van der Waals surface area contributed by atoms with Crippen molar-refractivity contribution in [2.45, 2.75) is 50.7 Å². The minimum absolute atomic E-state index is 0.0257. The van der Waals surface area contributed by atoms with Gasteiger partial charge in [0.25, 0.3) is 0 Å². The molecule has 1 rings (SSSR count). The minimum atomic E-state index is -3.10. The maximum Gasteiger partial charge on any atom is 0.221 e. The Balaban J connectivity index is 2.38. The van der Waals surface area contributed by atoms with Crippen LogP contribution < -0.4 is 5.32 Å². The van der Waals surface area contributed by atoms with Crippen LogP contribution in [0.25, 0.3) is 0 Å². The Kier molecular flexibility index (Phi) is 5.39. The lowest BCUT2D eigenvalue weighted by Gasteiger charge is -2.21. The number of sulfone groups is 1. The number of hydrogen-bond acceptors (Lipinski definition) is 4. The summed E-state index contributed by atoms with van der Waals surface area (Å²) >= 11 is 0. The van der Waals surface area contributed by atoms with Gasteiger partial charge in [-0.2, -0.15) is 0 Å². The van der Waals surface area contributed by atoms with Crippen molar-refractivity contribution in [1.82, 2.24) is 5.32 Å². The number of carbonyl (C=O) groups is 1. The molecule has 0 bridgehead atoms. The molecule has 5 nitrogen and oxygen atoms in total. The van der Waals surface area contributed by atoms with Crippen molar-refractivity contribution in [2.75, 3.05) is 12.0 Å². The first-order chi connectivity index (χ1) is 7.88. The quantitative estimate of drug-likeness (QED) is 0.711. The molecule has 2 unspecified atom stereocenters. The predicted octanol–water partition coefficient (Wildman–Crippen LogP) is 0.231. The van der Waals surface area contributed by atoms with Crippen LogP contribution in [0.2, 0.25) is 0 Å². The average Bonchev–Trinajstić information content (AvgIpc) is 2.41. The van der Waals surface area contributed by atoms with Crippen molar-refractivity contribution in [2.24, 2.45) is 0 Å². The number of carbonyl (C=O) groups excluding carboxylic acids is 1. The lowest BCUT2D eigenvalue weighted by Crippen LogP contribution is -2.43. The molecule has 1 saturated carbocycles. The molecule has 1 fully saturated rings. The maximum absolute atomic E-state index is 11.5. The predicted molar refractivity (Wildman–Crippen MR) is 65.4 cm³/mol. The van der Waals surface area contributed by atoms with Gasteiger partial charge in [0.05, 0.1) is 17.9 Å². The monoisotopic (exact) mass is 263 g/mol. The maximum atomic E-state index is 11.5. The lowest BCUT2D eigenvalue weighted by molar-refractivity contribution is -0.122. The van der Waals surface area contributed by atoms with Crippen molar-refractivity contribution < 1.29 is 18.3 Å². The van der Waals surface area contributed by atoms with Gasteiger partial charge < -0.3 is 10.4 Å². The second-order valence-corrected chi connectivity index (χ2v) is 7.02. The van der Waals surface area contributed by atoms with Gasteiger partial charge in [0, 0.05) is 12.7 Å². The summed E-state index contributed by atoms with van der Waals surface area (Å²) in [6.07, 6.45) is 5.11. The normalized spacial score (nSPS) is 26.2. The van der Waals surface area contributed by atoms with Gasteiger partial charge in [-0.1, -0.05) is 19.3 Å². The van der Waals surface area contributed by atoms with E-state index in [9.17, 15) is 18.3 Å². The Morgan fingerprint density at radius 3 is 2.59 bits per heavy atom. The topological polar surface area (TPSA) is 83.5 Å². The highest BCUT2D eigenvalue weighted by Crippen LogP contribution is 2.18. The standard InChI is InChI=1S/C11H21NO4S/c1-17(15,16)8-7-11(14)12-9-5-3-2-4-6-10(9)13/h9-10,13H,2-8H2,1H3,(H,12,14). The molecule has 17 heavy (non-hydrogen) atoms. The van der Waals surface area contributed by atoms with Crippen molar-refractivity contribution >= 4 is 15.7 Å². The molecule has 100 valence electrons. The van der Waals surface area contributed by atoms with Gasteiger partial charge in [0.15, 0.2) is 0 Å². The van der Waals surface area contributed by atoms with E-state index >= 15 is 0 Å². The van der Waals surface area contributed by atoms with Gasteiger partial charge in [0.1, 0.15) is 9.84 Å². The molecule has 1 aliphatic rings. The number of hydrogen-bond donors (Lipinski definition) is 2. The summed E-state index contributed by atoms with van der Waals surface area (Å²) < 4.78 is 21.8. The molecule has 0 heterocycles. The SMILES string of the molecule is CS(=O)(=O)CCC(=O)NC1CCCCCC1O. The second-order valence-electron chi connectivity index (χ2n) is 4.76. The van der Waals surface area contributed by atoms with E-state index in [1.54, 1.807) is 0 Å². The fraction of sp³-hybridized carbons (Fsp3) is 0.909. The van der Waals surface area contributed by atoms with E-state index in [0.717, 1.165) is 31.9 Å². The van der Waals surface area contributed by atoms with Crippen LogP contribution in [-0.2, 0) is 14.6 Å². The minimum Gasteiger partial charge on any atom is -0.391 e. The molecule has 6 heteroatoms. The van der Waals surface area contributed by atoms with Gasteiger partial charge in [-0.3, -0.25) is 4.79 Å². The first kappa shape index (κ1) is 14.4. The van der Waals surface area contributed by atoms with Gasteiger partial charge in [-0.15, -0.1) is 0 Å². The van der Waals surface area contributed by atoms with E-state index in [1.807, 2.05) is 0 Å². The largest absolute Gasteiger partial charge is 0.391 e. The van der Waals surface area contributed by atoms with E-state index < -0.39 is 15.9 Å². The van der Waals surface area contributed by atoms with E-state index in [-0.39, 0.29) is 24.1 Å². The van der Waals surface area contributed by atoms with Crippen molar-refractivity contribution in [3.63, 3.8) is 0 Å². The molecule has 0 aromatic carbocycles. The molecular weight excluding hydrogens is 242 g/mol. The van der Waals surface area contributed by atoms with Crippen LogP contribution in [0.3, 0.4) is 0 Å². The third kappa shape index (κ3) is 6.02. The number of nitrogens with one attached hydrogen (secondary N) is 1. The molecular formula is C11H21NO4S. The Morgan fingerprint density at radius 1 is 1.29 bits per heavy atom. The Hall–Kier alpha value is -0.620. The van der Waals surface area contributed by atoms with E-state index in [2.05, 4.69) is 5.32 Å². The van der Waals surface area contributed by atoms with Crippen LogP contribution in [0, 0.1) is 0 Å². The summed E-state index contributed by atoms with van der Waals surface area (Å²) in [5.41, 5.74) is 0. The molecule has 1 aliphatic carbocycles. The first-order valence-corrected chi connectivity index (χ1v) is 8.10. The third-order valence-corrected chi connectivity index (χ3v) is 3.97. The number of aliphatic hydroxyl groups is 1. The zero-order chi connectivity index (χ0) is 12.9. The molecule has 0 aromatic rings. The van der Waals surface area contributed by atoms with Crippen LogP contribution in [0.15, 0.2) is 0 Å². The Labute approximate surface area is 103 Å². The Morgan fingerprint density at radius 2 is 1.94 bits per heavy atom. The highest BCUT2D eigenvalue weighted by molar-refractivity contribution is 7.90. The number of amides is 1. The lowest BCUT2D eigenvalue weighted by atomic mass is 10.1. The van der Waals surface area contributed by atoms with Crippen molar-refractivity contribution in [3.8, 4) is 0 Å². The zero-order valence-corrected chi connectivity index (χ0v) is 11.0. The van der Waals surface area contributed by atoms with Gasteiger partial charge in [-0.05, 0) is 12.8 Å². The fourth-order valence-corrected chi connectivity index (χ4v) is 2.57. The van der Waals surface area contributed by atoms with Crippen LogP contribution in [0.1, 0.15) is 38.5 Å². The molecule has 1 amide bonds. The summed E-state index contributed by atoms with van der Waals surface area (Å²) in [6.45, 7) is 0. The summed E-state index contributed by atoms with van der Waals surface area (Å²) in [4.78, 5) is 11.5. The summed E-state index contributed by atoms with van der Waals surface area (Å²) in [7, 11) is -3.10. The number of rotatable bonds is 4. The van der Waals surface area contributed by atoms with E-state index in [0.29, 0.717) is 6.42 Å². The van der Waals surface area contributed by atoms with Gasteiger partial charge in [0.2, 0.25) is 5.91 Å². The number of aliphatic hydroxyl groups excluding tert-OH is 1. The molecule has 2 N–H and O–H groups in total. The third-order valence-electron chi connectivity index (χ3n) is 3.03. The van der Waals surface area contributed by atoms with Gasteiger partial charge >= 0.3 is 0 Å². The smallest absolute Gasteiger partial charge is 0.221 e. The first-order valence-electron chi connectivity index (χ1n) is 6.03. The van der Waals surface area contributed by atoms with Crippen molar-refractivity contribution in [3.05, 3.63) is 0 Å². The second kappa shape index (κ2) is 6.35. The van der Waals surface area contributed by atoms with E-state index in [1.165, 1.54) is 0 Å². The van der Waals surface area contributed by atoms with Crippen molar-refractivity contribution in [1.29, 1.82) is 0 Å². The highest BCUT2D eigenvalue weighted by atomic mass is 32.2.